The van der Waals surface area contributed by atoms with Crippen molar-refractivity contribution in [3.05, 3.63) is 0 Å². The number of aliphatic hydroxyl groups is 2. The average Bonchev–Trinajstić information content (AvgIpc) is 3.55. The van der Waals surface area contributed by atoms with Crippen molar-refractivity contribution in [2.75, 3.05) is 91.6 Å². The van der Waals surface area contributed by atoms with E-state index in [1.807, 2.05) is 16.7 Å². The van der Waals surface area contributed by atoms with Crippen LogP contribution in [0.4, 0.5) is 0 Å². The number of carbonyl (C=O) groups is 5. The summed E-state index contributed by atoms with van der Waals surface area (Å²) in [7, 11) is -1.61. The van der Waals surface area contributed by atoms with E-state index in [2.05, 4.69) is 16.0 Å². The van der Waals surface area contributed by atoms with Crippen LogP contribution in [0.5, 0.6) is 0 Å². The van der Waals surface area contributed by atoms with Gasteiger partial charge in [0.1, 0.15) is 0 Å². The second-order valence-electron chi connectivity index (χ2n) is 12.8. The minimum Gasteiger partial charge on any atom is -0.480 e. The Labute approximate surface area is 287 Å². The monoisotopic (exact) mass is 701 g/mol. The van der Waals surface area contributed by atoms with Gasteiger partial charge in [-0.25, -0.2) is 0 Å². The van der Waals surface area contributed by atoms with E-state index in [1.54, 1.807) is 4.90 Å². The molecule has 18 nitrogen and oxygen atoms in total. The molecule has 0 radical (unpaired) electrons. The van der Waals surface area contributed by atoms with Gasteiger partial charge in [-0.1, -0.05) is 6.92 Å². The minimum absolute atomic E-state index is 0.0361. The van der Waals surface area contributed by atoms with Gasteiger partial charge >= 0.3 is 19.1 Å². The first-order valence-electron chi connectivity index (χ1n) is 17.2. The Kier molecular flexibility index (Phi) is 19.6. The second kappa shape index (κ2) is 22.7. The van der Waals surface area contributed by atoms with Crippen LogP contribution in [0.25, 0.3) is 0 Å². The number of hydrogen-bond donors (Lipinski definition) is 9. The molecular weight excluding hydrogens is 645 g/mol. The third kappa shape index (κ3) is 17.0. The van der Waals surface area contributed by atoms with E-state index in [-0.39, 0.29) is 68.8 Å². The molecule has 280 valence electrons. The zero-order valence-corrected chi connectivity index (χ0v) is 28.5. The summed E-state index contributed by atoms with van der Waals surface area (Å²) in [5.41, 5.74) is 0. The van der Waals surface area contributed by atoms with Crippen LogP contribution >= 0.6 is 0 Å². The highest BCUT2D eigenvalue weighted by molar-refractivity contribution is 6.43. The van der Waals surface area contributed by atoms with Gasteiger partial charge in [0.05, 0.1) is 32.1 Å². The zero-order chi connectivity index (χ0) is 36.3. The van der Waals surface area contributed by atoms with Gasteiger partial charge in [-0.05, 0) is 51.0 Å². The van der Waals surface area contributed by atoms with Gasteiger partial charge in [-0.3, -0.25) is 38.7 Å². The maximum atomic E-state index is 13.0. The molecule has 0 aromatic rings. The molecule has 2 rings (SSSR count). The molecule has 1 aliphatic heterocycles. The normalized spacial score (nSPS) is 19.5. The summed E-state index contributed by atoms with van der Waals surface area (Å²) in [6, 6.07) is 0. The summed E-state index contributed by atoms with van der Waals surface area (Å²) in [5, 5.41) is 64.3. The molecular formula is C30H56BN7O11. The Bertz CT molecular complexity index is 1050. The predicted molar refractivity (Wildman–Crippen MR) is 178 cm³/mol. The molecule has 1 saturated heterocycles. The molecule has 2 fully saturated rings. The van der Waals surface area contributed by atoms with Crippen LogP contribution in [0, 0.1) is 11.8 Å². The lowest BCUT2D eigenvalue weighted by Crippen LogP contribution is -2.49. The van der Waals surface area contributed by atoms with Crippen molar-refractivity contribution in [3.8, 4) is 0 Å². The zero-order valence-electron chi connectivity index (χ0n) is 28.5. The largest absolute Gasteiger partial charge is 0.480 e. The van der Waals surface area contributed by atoms with E-state index in [0.29, 0.717) is 78.0 Å². The smallest absolute Gasteiger partial charge is 0.475 e. The lowest BCUT2D eigenvalue weighted by Gasteiger charge is -2.30. The highest BCUT2D eigenvalue weighted by Gasteiger charge is 2.37. The Hall–Kier alpha value is -2.91. The fourth-order valence-electron chi connectivity index (χ4n) is 6.31. The number of likely N-dealkylation sites (tertiary alicyclic amines) is 1. The number of carbonyl (C=O) groups excluding carboxylic acids is 3. The molecule has 0 unspecified atom stereocenters. The van der Waals surface area contributed by atoms with Gasteiger partial charge in [0.2, 0.25) is 17.7 Å². The van der Waals surface area contributed by atoms with Crippen molar-refractivity contribution in [1.29, 1.82) is 0 Å². The first-order valence-corrected chi connectivity index (χ1v) is 17.2. The average molecular weight is 702 g/mol. The number of nitrogens with one attached hydrogen (secondary N) is 3. The Morgan fingerprint density at radius 1 is 0.816 bits per heavy atom. The van der Waals surface area contributed by atoms with Gasteiger partial charge in [0.25, 0.3) is 0 Å². The van der Waals surface area contributed by atoms with E-state index in [0.717, 1.165) is 12.8 Å². The summed E-state index contributed by atoms with van der Waals surface area (Å²) in [4.78, 5) is 67.2. The molecule has 49 heavy (non-hydrogen) atoms. The van der Waals surface area contributed by atoms with E-state index in [1.165, 1.54) is 4.90 Å². The van der Waals surface area contributed by atoms with Crippen LogP contribution in [-0.2, 0) is 24.0 Å². The maximum absolute atomic E-state index is 13.0. The van der Waals surface area contributed by atoms with E-state index in [9.17, 15) is 49.3 Å². The van der Waals surface area contributed by atoms with E-state index < -0.39 is 31.3 Å². The van der Waals surface area contributed by atoms with Gasteiger partial charge in [0, 0.05) is 64.8 Å². The van der Waals surface area contributed by atoms with Crippen molar-refractivity contribution >= 4 is 36.8 Å². The lowest BCUT2D eigenvalue weighted by atomic mass is 9.78. The highest BCUT2D eigenvalue weighted by atomic mass is 16.5. The molecule has 0 spiro atoms. The lowest BCUT2D eigenvalue weighted by molar-refractivity contribution is -0.139. The SMILES string of the molecule is CCN(CCN(CCN(CCNCC(=O)O)CC(=O)O)CC(=O)NCC1CCC(C(=O)NCC(=O)N2CCC[C@H]2B(O)O)CC1)CC(O)O. The Morgan fingerprint density at radius 3 is 2.02 bits per heavy atom. The molecule has 9 N–H and O–H groups in total. The fourth-order valence-corrected chi connectivity index (χ4v) is 6.31. The van der Waals surface area contributed by atoms with Crippen LogP contribution in [0.2, 0.25) is 0 Å². The van der Waals surface area contributed by atoms with Crippen LogP contribution in [0.3, 0.4) is 0 Å². The maximum Gasteiger partial charge on any atom is 0.475 e. The van der Waals surface area contributed by atoms with Crippen LogP contribution in [0.15, 0.2) is 0 Å². The van der Waals surface area contributed by atoms with Crippen molar-refractivity contribution in [2.45, 2.75) is 57.7 Å². The summed E-state index contributed by atoms with van der Waals surface area (Å²) < 4.78 is 0. The molecule has 3 amide bonds. The number of carboxylic acid groups (broad SMARTS) is 2. The first-order chi connectivity index (χ1) is 23.3. The first kappa shape index (κ1) is 42.3. The number of aliphatic hydroxyl groups excluding tert-OH is 1. The van der Waals surface area contributed by atoms with Crippen LogP contribution in [0.1, 0.15) is 45.4 Å². The minimum atomic E-state index is -1.61. The molecule has 19 heteroatoms. The fraction of sp³-hybridized carbons (Fsp3) is 0.833. The molecule has 1 saturated carbocycles. The number of amides is 3. The van der Waals surface area contributed by atoms with Crippen molar-refractivity contribution in [3.63, 3.8) is 0 Å². The van der Waals surface area contributed by atoms with Crippen LogP contribution < -0.4 is 16.0 Å². The molecule has 0 bridgehead atoms. The Balaban J connectivity index is 1.83. The molecule has 1 atom stereocenters. The van der Waals surface area contributed by atoms with Crippen LogP contribution in [-0.4, -0.2) is 191 Å². The molecule has 0 aromatic heterocycles. The summed E-state index contributed by atoms with van der Waals surface area (Å²) >= 11 is 0. The topological polar surface area (TPSA) is 256 Å². The van der Waals surface area contributed by atoms with E-state index in [4.69, 9.17) is 5.11 Å². The van der Waals surface area contributed by atoms with Gasteiger partial charge in [-0.2, -0.15) is 0 Å². The van der Waals surface area contributed by atoms with Crippen molar-refractivity contribution in [1.82, 2.24) is 35.6 Å². The second-order valence-corrected chi connectivity index (χ2v) is 12.8. The van der Waals surface area contributed by atoms with Gasteiger partial charge in [-0.15, -0.1) is 0 Å². The van der Waals surface area contributed by atoms with Crippen molar-refractivity contribution in [2.24, 2.45) is 11.8 Å². The van der Waals surface area contributed by atoms with E-state index >= 15 is 0 Å². The molecule has 0 aromatic carbocycles. The number of hydrogen-bond acceptors (Lipinski definition) is 13. The number of nitrogens with zero attached hydrogens (tertiary/aromatic N) is 4. The standard InChI is InChI=1S/C30H56BN7O11/c1-2-35(20-28(43)44)12-13-37(15-14-36(21-29(45)46)11-9-32-18-27(41)42)19-25(39)33-16-22-5-7-23(8-6-22)30(47)34-17-26(40)38-10-3-4-24(38)31(48)49/h22-24,28,32,43-44,48-49H,2-21H2,1H3,(H,33,39)(H,34,47)(H,41,42)(H,45,46)/t22?,23?,24-/m0/s1. The number of aliphatic carboxylic acids is 2. The van der Waals surface area contributed by atoms with Gasteiger partial charge in [0.15, 0.2) is 6.29 Å². The number of likely N-dealkylation sites (N-methyl/N-ethyl adjacent to an activating group) is 1. The molecule has 2 aliphatic rings. The van der Waals surface area contributed by atoms with Crippen molar-refractivity contribution < 1.29 is 54.4 Å². The number of rotatable bonds is 24. The summed E-state index contributed by atoms with van der Waals surface area (Å²) in [5.74, 6) is -3.55. The summed E-state index contributed by atoms with van der Waals surface area (Å²) in [6.45, 7) is 4.75. The number of carboxylic acids is 2. The quantitative estimate of drug-likeness (QED) is 0.0264. The third-order valence-corrected chi connectivity index (χ3v) is 9.12. The predicted octanol–water partition coefficient (Wildman–Crippen LogP) is -3.98. The highest BCUT2D eigenvalue weighted by Crippen LogP contribution is 2.28. The third-order valence-electron chi connectivity index (χ3n) is 9.12. The summed E-state index contributed by atoms with van der Waals surface area (Å²) in [6.07, 6.45) is 2.33. The van der Waals surface area contributed by atoms with Gasteiger partial charge < -0.3 is 51.3 Å². The molecule has 1 aliphatic carbocycles. The molecule has 1 heterocycles. The Morgan fingerprint density at radius 2 is 1.45 bits per heavy atom.